The number of hydrogen-bond acceptors (Lipinski definition) is 3. The number of hydrogen-bond donors (Lipinski definition) is 1. The number of thiazole rings is 1. The molecule has 1 aromatic carbocycles. The van der Waals surface area contributed by atoms with E-state index in [1.807, 2.05) is 13.8 Å². The zero-order valence-electron chi connectivity index (χ0n) is 11.5. The molecule has 0 spiro atoms. The molecule has 4 heteroatoms. The van der Waals surface area contributed by atoms with E-state index in [0.29, 0.717) is 11.6 Å². The number of rotatable bonds is 4. The second-order valence-corrected chi connectivity index (χ2v) is 5.79. The number of benzene rings is 1. The van der Waals surface area contributed by atoms with Crippen LogP contribution in [0.2, 0.25) is 0 Å². The molecule has 1 N–H and O–H groups in total. The summed E-state index contributed by atoms with van der Waals surface area (Å²) in [6, 6.07) is 8.27. The van der Waals surface area contributed by atoms with Crippen molar-refractivity contribution in [3.05, 3.63) is 34.7 Å². The van der Waals surface area contributed by atoms with Gasteiger partial charge in [0.25, 0.3) is 0 Å². The minimum Gasteiger partial charge on any atom is -0.302 e. The first-order valence-electron chi connectivity index (χ1n) is 6.44. The summed E-state index contributed by atoms with van der Waals surface area (Å²) in [5.41, 5.74) is 3.28. The van der Waals surface area contributed by atoms with Crippen LogP contribution in [-0.4, -0.2) is 10.9 Å². The summed E-state index contributed by atoms with van der Waals surface area (Å²) in [5.74, 6) is 0.0340. The molecule has 0 aliphatic carbocycles. The third kappa shape index (κ3) is 3.41. The molecule has 0 unspecified atom stereocenters. The Morgan fingerprint density at radius 1 is 1.26 bits per heavy atom. The fourth-order valence-corrected chi connectivity index (χ4v) is 2.69. The van der Waals surface area contributed by atoms with Crippen LogP contribution in [0, 0.1) is 13.8 Å². The lowest BCUT2D eigenvalue weighted by molar-refractivity contribution is -0.116. The Bertz CT molecular complexity index is 572. The van der Waals surface area contributed by atoms with E-state index in [1.165, 1.54) is 16.9 Å². The first kappa shape index (κ1) is 13.7. The zero-order valence-corrected chi connectivity index (χ0v) is 12.3. The quantitative estimate of drug-likeness (QED) is 0.909. The van der Waals surface area contributed by atoms with Gasteiger partial charge in [0.2, 0.25) is 5.91 Å². The van der Waals surface area contributed by atoms with Gasteiger partial charge in [-0.15, -0.1) is 11.3 Å². The third-order valence-corrected chi connectivity index (χ3v) is 3.73. The molecule has 0 bridgehead atoms. The minimum absolute atomic E-state index is 0.0340. The van der Waals surface area contributed by atoms with Gasteiger partial charge < -0.3 is 5.32 Å². The van der Waals surface area contributed by atoms with Gasteiger partial charge in [-0.05, 0) is 20.3 Å². The number of carbonyl (C=O) groups excluding carboxylic acids is 1. The molecule has 100 valence electrons. The summed E-state index contributed by atoms with van der Waals surface area (Å²) in [4.78, 5) is 17.2. The Morgan fingerprint density at radius 3 is 2.58 bits per heavy atom. The number of aromatic nitrogens is 1. The maximum atomic E-state index is 11.6. The van der Waals surface area contributed by atoms with Gasteiger partial charge in [0, 0.05) is 16.9 Å². The van der Waals surface area contributed by atoms with E-state index in [0.717, 1.165) is 22.6 Å². The van der Waals surface area contributed by atoms with Crippen molar-refractivity contribution in [3.8, 4) is 11.3 Å². The highest BCUT2D eigenvalue weighted by atomic mass is 32.1. The average molecular weight is 274 g/mol. The van der Waals surface area contributed by atoms with Gasteiger partial charge in [0.15, 0.2) is 5.13 Å². The minimum atomic E-state index is 0.0340. The van der Waals surface area contributed by atoms with Gasteiger partial charge in [-0.3, -0.25) is 4.79 Å². The fraction of sp³-hybridized carbons (Fsp3) is 0.333. The molecule has 0 aliphatic rings. The SMILES string of the molecule is CCCC(=O)Nc1nc(-c2ccc(C)cc2)c(C)s1. The van der Waals surface area contributed by atoms with Crippen LogP contribution < -0.4 is 5.32 Å². The largest absolute Gasteiger partial charge is 0.302 e. The normalized spacial score (nSPS) is 10.5. The van der Waals surface area contributed by atoms with Crippen LogP contribution >= 0.6 is 11.3 Å². The summed E-state index contributed by atoms with van der Waals surface area (Å²) in [6.07, 6.45) is 1.39. The molecule has 0 saturated carbocycles. The number of aryl methyl sites for hydroxylation is 2. The third-order valence-electron chi connectivity index (χ3n) is 2.85. The predicted octanol–water partition coefficient (Wildman–Crippen LogP) is 4.17. The molecular formula is C15H18N2OS. The molecule has 0 saturated heterocycles. The van der Waals surface area contributed by atoms with Crippen LogP contribution in [0.1, 0.15) is 30.2 Å². The zero-order chi connectivity index (χ0) is 13.8. The number of carbonyl (C=O) groups is 1. The van der Waals surface area contributed by atoms with E-state index in [9.17, 15) is 4.79 Å². The molecule has 1 aromatic heterocycles. The molecule has 0 fully saturated rings. The molecular weight excluding hydrogens is 256 g/mol. The van der Waals surface area contributed by atoms with E-state index in [4.69, 9.17) is 0 Å². The van der Waals surface area contributed by atoms with Crippen LogP contribution in [0.3, 0.4) is 0 Å². The van der Waals surface area contributed by atoms with Crippen molar-refractivity contribution in [2.75, 3.05) is 5.32 Å². The van der Waals surface area contributed by atoms with Crippen molar-refractivity contribution in [1.82, 2.24) is 4.98 Å². The van der Waals surface area contributed by atoms with Crippen molar-refractivity contribution in [2.24, 2.45) is 0 Å². The van der Waals surface area contributed by atoms with Crippen LogP contribution in [0.4, 0.5) is 5.13 Å². The van der Waals surface area contributed by atoms with Crippen molar-refractivity contribution in [2.45, 2.75) is 33.6 Å². The molecule has 0 atom stereocenters. The standard InChI is InChI=1S/C15H18N2OS/c1-4-5-13(18)16-15-17-14(11(3)19-15)12-8-6-10(2)7-9-12/h6-9H,4-5H2,1-3H3,(H,16,17,18). The average Bonchev–Trinajstić information content (AvgIpc) is 2.71. The number of nitrogens with one attached hydrogen (secondary N) is 1. The Hall–Kier alpha value is -1.68. The Kier molecular flexibility index (Phi) is 4.32. The van der Waals surface area contributed by atoms with Gasteiger partial charge in [0.05, 0.1) is 5.69 Å². The smallest absolute Gasteiger partial charge is 0.226 e. The summed E-state index contributed by atoms with van der Waals surface area (Å²) in [6.45, 7) is 6.08. The number of anilines is 1. The van der Waals surface area contributed by atoms with Gasteiger partial charge in [-0.25, -0.2) is 4.98 Å². The Labute approximate surface area is 117 Å². The topological polar surface area (TPSA) is 42.0 Å². The molecule has 3 nitrogen and oxygen atoms in total. The monoisotopic (exact) mass is 274 g/mol. The van der Waals surface area contributed by atoms with Gasteiger partial charge >= 0.3 is 0 Å². The molecule has 0 aliphatic heterocycles. The highest BCUT2D eigenvalue weighted by Crippen LogP contribution is 2.30. The fourth-order valence-electron chi connectivity index (χ4n) is 1.84. The summed E-state index contributed by atoms with van der Waals surface area (Å²) < 4.78 is 0. The van der Waals surface area contributed by atoms with Gasteiger partial charge in [0.1, 0.15) is 0 Å². The van der Waals surface area contributed by atoms with E-state index in [2.05, 4.69) is 41.5 Å². The van der Waals surface area contributed by atoms with E-state index in [-0.39, 0.29) is 5.91 Å². The number of nitrogens with zero attached hydrogens (tertiary/aromatic N) is 1. The van der Waals surface area contributed by atoms with E-state index >= 15 is 0 Å². The highest BCUT2D eigenvalue weighted by molar-refractivity contribution is 7.16. The first-order valence-corrected chi connectivity index (χ1v) is 7.26. The van der Waals surface area contributed by atoms with Crippen LogP contribution in [0.15, 0.2) is 24.3 Å². The van der Waals surface area contributed by atoms with E-state index < -0.39 is 0 Å². The van der Waals surface area contributed by atoms with Crippen LogP contribution in [-0.2, 0) is 4.79 Å². The van der Waals surface area contributed by atoms with Crippen molar-refractivity contribution >= 4 is 22.4 Å². The Morgan fingerprint density at radius 2 is 1.95 bits per heavy atom. The lowest BCUT2D eigenvalue weighted by Crippen LogP contribution is -2.10. The first-order chi connectivity index (χ1) is 9.10. The molecule has 2 aromatic rings. The Balaban J connectivity index is 2.21. The highest BCUT2D eigenvalue weighted by Gasteiger charge is 2.11. The molecule has 19 heavy (non-hydrogen) atoms. The maximum absolute atomic E-state index is 11.6. The van der Waals surface area contributed by atoms with Crippen LogP contribution in [0.25, 0.3) is 11.3 Å². The second-order valence-electron chi connectivity index (χ2n) is 4.59. The van der Waals surface area contributed by atoms with Crippen LogP contribution in [0.5, 0.6) is 0 Å². The molecule has 0 radical (unpaired) electrons. The van der Waals surface area contributed by atoms with E-state index in [1.54, 1.807) is 0 Å². The van der Waals surface area contributed by atoms with Gasteiger partial charge in [-0.1, -0.05) is 36.8 Å². The van der Waals surface area contributed by atoms with Crippen molar-refractivity contribution < 1.29 is 4.79 Å². The van der Waals surface area contributed by atoms with Gasteiger partial charge in [-0.2, -0.15) is 0 Å². The summed E-state index contributed by atoms with van der Waals surface area (Å²) in [7, 11) is 0. The molecule has 2 rings (SSSR count). The predicted molar refractivity (Wildman–Crippen MR) is 80.6 cm³/mol. The summed E-state index contributed by atoms with van der Waals surface area (Å²) in [5, 5.41) is 3.54. The van der Waals surface area contributed by atoms with Crippen molar-refractivity contribution in [1.29, 1.82) is 0 Å². The number of amides is 1. The second kappa shape index (κ2) is 5.97. The molecule has 1 amide bonds. The molecule has 1 heterocycles. The van der Waals surface area contributed by atoms with Crippen molar-refractivity contribution in [3.63, 3.8) is 0 Å². The lowest BCUT2D eigenvalue weighted by atomic mass is 10.1. The maximum Gasteiger partial charge on any atom is 0.226 e. The lowest BCUT2D eigenvalue weighted by Gasteiger charge is -2.00. The summed E-state index contributed by atoms with van der Waals surface area (Å²) >= 11 is 1.52.